The third-order valence-corrected chi connectivity index (χ3v) is 14.0. The van der Waals surface area contributed by atoms with Gasteiger partial charge in [-0.2, -0.15) is 0 Å². The van der Waals surface area contributed by atoms with E-state index in [0.29, 0.717) is 12.3 Å². The van der Waals surface area contributed by atoms with Gasteiger partial charge in [0.25, 0.3) is 0 Å². The van der Waals surface area contributed by atoms with E-state index in [0.717, 1.165) is 37.7 Å². The van der Waals surface area contributed by atoms with E-state index in [1.165, 1.54) is 13.8 Å². The molecule has 0 heterocycles. The van der Waals surface area contributed by atoms with Gasteiger partial charge in [0.1, 0.15) is 24.4 Å². The minimum atomic E-state index is -1.48. The number of hydrogen-bond donors (Lipinski definition) is 4. The Morgan fingerprint density at radius 2 is 1.43 bits per heavy atom. The van der Waals surface area contributed by atoms with Gasteiger partial charge in [0, 0.05) is 24.7 Å². The number of aliphatic hydroxyl groups is 4. The molecule has 4 fully saturated rings. The van der Waals surface area contributed by atoms with Crippen molar-refractivity contribution in [2.45, 2.75) is 131 Å². The molecule has 0 spiro atoms. The first-order valence-electron chi connectivity index (χ1n) is 16.0. The third-order valence-electron chi connectivity index (χ3n) is 14.0. The van der Waals surface area contributed by atoms with E-state index in [4.69, 9.17) is 9.47 Å². The molecule has 0 aromatic carbocycles. The maximum atomic E-state index is 12.7. The molecule has 5 aliphatic carbocycles. The van der Waals surface area contributed by atoms with Crippen molar-refractivity contribution < 1.29 is 39.5 Å². The fraction of sp³-hybridized carbons (Fsp3) is 0.882. The molecular weight excluding hydrogens is 536 g/mol. The summed E-state index contributed by atoms with van der Waals surface area (Å²) in [5, 5.41) is 46.5. The molecule has 4 N–H and O–H groups in total. The molecule has 12 atom stereocenters. The lowest BCUT2D eigenvalue weighted by atomic mass is 9.32. The van der Waals surface area contributed by atoms with E-state index in [2.05, 4.69) is 40.7 Å². The van der Waals surface area contributed by atoms with Crippen molar-refractivity contribution in [2.75, 3.05) is 6.61 Å². The number of carbonyl (C=O) groups excluding carboxylic acids is 2. The van der Waals surface area contributed by atoms with Crippen molar-refractivity contribution in [3.8, 4) is 0 Å². The number of esters is 2. The highest BCUT2D eigenvalue weighted by molar-refractivity contribution is 5.67. The second-order valence-corrected chi connectivity index (χ2v) is 16.5. The van der Waals surface area contributed by atoms with Crippen LogP contribution in [-0.4, -0.2) is 69.5 Å². The highest BCUT2D eigenvalue weighted by atomic mass is 16.6. The Labute approximate surface area is 251 Å². The molecule has 42 heavy (non-hydrogen) atoms. The molecule has 238 valence electrons. The van der Waals surface area contributed by atoms with Crippen molar-refractivity contribution in [3.05, 3.63) is 11.6 Å². The zero-order valence-corrected chi connectivity index (χ0v) is 27.1. The van der Waals surface area contributed by atoms with Crippen LogP contribution in [0.1, 0.15) is 101 Å². The van der Waals surface area contributed by atoms with Crippen LogP contribution >= 0.6 is 0 Å². The van der Waals surface area contributed by atoms with E-state index in [9.17, 15) is 30.0 Å². The van der Waals surface area contributed by atoms with Crippen molar-refractivity contribution >= 4 is 11.9 Å². The fourth-order valence-corrected chi connectivity index (χ4v) is 11.7. The van der Waals surface area contributed by atoms with Gasteiger partial charge >= 0.3 is 11.9 Å². The predicted molar refractivity (Wildman–Crippen MR) is 157 cm³/mol. The van der Waals surface area contributed by atoms with Gasteiger partial charge in [-0.05, 0) is 72.5 Å². The summed E-state index contributed by atoms with van der Waals surface area (Å²) in [4.78, 5) is 24.8. The van der Waals surface area contributed by atoms with Crippen LogP contribution in [0.5, 0.6) is 0 Å². The van der Waals surface area contributed by atoms with Gasteiger partial charge in [0.2, 0.25) is 0 Å². The summed E-state index contributed by atoms with van der Waals surface area (Å²) in [6.07, 6.45) is 1.85. The normalized spacial score (nSPS) is 50.6. The summed E-state index contributed by atoms with van der Waals surface area (Å²) in [5.41, 5.74) is -2.54. The van der Waals surface area contributed by atoms with Crippen LogP contribution in [-0.2, 0) is 19.1 Å². The zero-order valence-electron chi connectivity index (χ0n) is 27.1. The molecule has 0 bridgehead atoms. The topological polar surface area (TPSA) is 134 Å². The molecule has 0 amide bonds. The molecule has 8 nitrogen and oxygen atoms in total. The van der Waals surface area contributed by atoms with E-state index in [1.807, 2.05) is 13.8 Å². The van der Waals surface area contributed by atoms with Gasteiger partial charge in [-0.3, -0.25) is 9.59 Å². The summed E-state index contributed by atoms with van der Waals surface area (Å²) in [6, 6.07) is 0. The molecule has 0 aromatic rings. The standard InChI is InChI=1S/C34H54O8/c1-18(36)41-27-25(39)34(17-35)21(16-29(27,3)4)20-10-11-23-31(7)14-13-24(38)30(5,6)22(31)12-15-32(23,8)33(20,9)28(26(34)40)42-19(2)37/h10,21-28,35,38-40H,11-17H2,1-9H3/t21?,22?,23?,24?,25?,26?,27?,28?,31-,32+,33-,34+/m0/s1. The van der Waals surface area contributed by atoms with Crippen LogP contribution < -0.4 is 0 Å². The average Bonchev–Trinajstić information content (AvgIpc) is 2.87. The second kappa shape index (κ2) is 9.76. The van der Waals surface area contributed by atoms with E-state index < -0.39 is 65.1 Å². The Kier molecular flexibility index (Phi) is 7.42. The molecule has 5 aliphatic rings. The first kappa shape index (κ1) is 31.9. The van der Waals surface area contributed by atoms with Crippen LogP contribution in [0.15, 0.2) is 11.6 Å². The first-order chi connectivity index (χ1) is 19.3. The quantitative estimate of drug-likeness (QED) is 0.284. The minimum absolute atomic E-state index is 0.0657. The number of allylic oxidation sites excluding steroid dienone is 1. The largest absolute Gasteiger partial charge is 0.459 e. The lowest BCUT2D eigenvalue weighted by Gasteiger charge is -2.73. The average molecular weight is 591 g/mol. The maximum Gasteiger partial charge on any atom is 0.303 e. The Morgan fingerprint density at radius 3 is 2.00 bits per heavy atom. The number of ether oxygens (including phenoxy) is 2. The summed E-state index contributed by atoms with van der Waals surface area (Å²) in [7, 11) is 0. The van der Waals surface area contributed by atoms with Crippen molar-refractivity contribution in [1.29, 1.82) is 0 Å². The molecule has 8 heteroatoms. The van der Waals surface area contributed by atoms with Gasteiger partial charge in [-0.25, -0.2) is 0 Å². The molecule has 0 saturated heterocycles. The predicted octanol–water partition coefficient (Wildman–Crippen LogP) is 4.17. The SMILES string of the molecule is CC(=O)OC1C(O)[C@@]2(CO)C(CC1(C)C)C1=CCC3[C@@]4(C)CCC(O)C(C)(C)C4CC[C@@]3(C)[C@]1(C)C(OC(C)=O)C2O. The Bertz CT molecular complexity index is 1160. The van der Waals surface area contributed by atoms with Crippen molar-refractivity contribution in [3.63, 3.8) is 0 Å². The van der Waals surface area contributed by atoms with Gasteiger partial charge in [0.15, 0.2) is 0 Å². The van der Waals surface area contributed by atoms with Gasteiger partial charge in [0.05, 0.1) is 18.1 Å². The van der Waals surface area contributed by atoms with Crippen molar-refractivity contribution in [1.82, 2.24) is 0 Å². The molecule has 8 unspecified atom stereocenters. The van der Waals surface area contributed by atoms with Crippen LogP contribution in [0.3, 0.4) is 0 Å². The number of hydrogen-bond acceptors (Lipinski definition) is 8. The highest BCUT2D eigenvalue weighted by Gasteiger charge is 2.76. The first-order valence-corrected chi connectivity index (χ1v) is 16.0. The summed E-state index contributed by atoms with van der Waals surface area (Å²) in [6.45, 7) is 17.2. The Hall–Kier alpha value is -1.48. The zero-order chi connectivity index (χ0) is 31.4. The molecule has 4 saturated carbocycles. The fourth-order valence-electron chi connectivity index (χ4n) is 11.7. The van der Waals surface area contributed by atoms with Crippen LogP contribution in [0.4, 0.5) is 0 Å². The summed E-state index contributed by atoms with van der Waals surface area (Å²) >= 11 is 0. The van der Waals surface area contributed by atoms with Crippen molar-refractivity contribution in [2.24, 2.45) is 50.2 Å². The van der Waals surface area contributed by atoms with Crippen LogP contribution in [0.2, 0.25) is 0 Å². The van der Waals surface area contributed by atoms with Gasteiger partial charge < -0.3 is 29.9 Å². The second-order valence-electron chi connectivity index (χ2n) is 16.5. The van der Waals surface area contributed by atoms with Crippen LogP contribution in [0, 0.1) is 50.2 Å². The molecule has 0 aromatic heterocycles. The van der Waals surface area contributed by atoms with E-state index >= 15 is 0 Å². The Morgan fingerprint density at radius 1 is 0.857 bits per heavy atom. The number of rotatable bonds is 3. The number of carbonyl (C=O) groups is 2. The maximum absolute atomic E-state index is 12.7. The van der Waals surface area contributed by atoms with Crippen LogP contribution in [0.25, 0.3) is 0 Å². The molecule has 5 rings (SSSR count). The third kappa shape index (κ3) is 3.86. The molecule has 0 aliphatic heterocycles. The molecule has 0 radical (unpaired) electrons. The smallest absolute Gasteiger partial charge is 0.303 e. The lowest BCUT2D eigenvalue weighted by Crippen LogP contribution is -2.76. The minimum Gasteiger partial charge on any atom is -0.459 e. The van der Waals surface area contributed by atoms with Gasteiger partial charge in [-0.1, -0.05) is 60.1 Å². The monoisotopic (exact) mass is 590 g/mol. The van der Waals surface area contributed by atoms with Gasteiger partial charge in [-0.15, -0.1) is 0 Å². The summed E-state index contributed by atoms with van der Waals surface area (Å²) in [5.74, 6) is -0.947. The summed E-state index contributed by atoms with van der Waals surface area (Å²) < 4.78 is 11.8. The highest BCUT2D eigenvalue weighted by Crippen LogP contribution is 2.76. The number of aliphatic hydroxyl groups excluding tert-OH is 4. The molecular formula is C34H54O8. The lowest BCUT2D eigenvalue weighted by molar-refractivity contribution is -0.292. The van der Waals surface area contributed by atoms with E-state index in [1.54, 1.807) is 0 Å². The Balaban J connectivity index is 1.71. The number of fused-ring (bicyclic) bond motifs is 7. The van der Waals surface area contributed by atoms with E-state index in [-0.39, 0.29) is 28.3 Å².